The first-order valence-electron chi connectivity index (χ1n) is 5.88. The molecule has 1 aromatic rings. The molecule has 4 heteroatoms. The molecular weight excluding hydrogens is 218 g/mol. The Morgan fingerprint density at radius 3 is 2.88 bits per heavy atom. The highest BCUT2D eigenvalue weighted by atomic mass is 16.5. The van der Waals surface area contributed by atoms with Crippen LogP contribution >= 0.6 is 0 Å². The normalized spacial score (nSPS) is 12.4. The zero-order valence-electron chi connectivity index (χ0n) is 10.5. The summed E-state index contributed by atoms with van der Waals surface area (Å²) in [5, 5.41) is 12.6. The maximum absolute atomic E-state index is 9.55. The van der Waals surface area contributed by atoms with Gasteiger partial charge in [0.15, 0.2) is 0 Å². The summed E-state index contributed by atoms with van der Waals surface area (Å²) in [6, 6.07) is 7.81. The summed E-state index contributed by atoms with van der Waals surface area (Å²) in [5.74, 6) is 0.772. The van der Waals surface area contributed by atoms with Gasteiger partial charge < -0.3 is 19.9 Å². The first kappa shape index (κ1) is 14.0. The average Bonchev–Trinajstić information content (AvgIpc) is 2.35. The standard InChI is InChI=1S/C13H21NO3/c1-3-16-9-12(15)10-17-13-6-4-5-11(7-13)8-14-2/h4-7,12,14-15H,3,8-10H2,1-2H3. The second kappa shape index (κ2) is 8.06. The Bertz CT molecular complexity index is 317. The van der Waals surface area contributed by atoms with Crippen LogP contribution in [0.15, 0.2) is 24.3 Å². The highest BCUT2D eigenvalue weighted by Crippen LogP contribution is 2.13. The third-order valence-corrected chi connectivity index (χ3v) is 2.24. The van der Waals surface area contributed by atoms with Gasteiger partial charge in [-0.25, -0.2) is 0 Å². The lowest BCUT2D eigenvalue weighted by Crippen LogP contribution is -2.23. The first-order valence-corrected chi connectivity index (χ1v) is 5.88. The Morgan fingerprint density at radius 1 is 1.35 bits per heavy atom. The number of nitrogens with one attached hydrogen (secondary N) is 1. The third kappa shape index (κ3) is 5.68. The molecule has 0 heterocycles. The molecular formula is C13H21NO3. The van der Waals surface area contributed by atoms with E-state index >= 15 is 0 Å². The predicted octanol–water partition coefficient (Wildman–Crippen LogP) is 1.18. The Balaban J connectivity index is 2.37. The van der Waals surface area contributed by atoms with Crippen LogP contribution in [0.2, 0.25) is 0 Å². The van der Waals surface area contributed by atoms with Gasteiger partial charge in [0.25, 0.3) is 0 Å². The van der Waals surface area contributed by atoms with Crippen molar-refractivity contribution >= 4 is 0 Å². The van der Waals surface area contributed by atoms with Gasteiger partial charge in [0.1, 0.15) is 18.5 Å². The Labute approximate surface area is 103 Å². The van der Waals surface area contributed by atoms with Gasteiger partial charge in [0.2, 0.25) is 0 Å². The number of aliphatic hydroxyl groups is 1. The molecule has 0 spiro atoms. The van der Waals surface area contributed by atoms with Gasteiger partial charge in [-0.05, 0) is 31.7 Å². The van der Waals surface area contributed by atoms with Gasteiger partial charge >= 0.3 is 0 Å². The molecule has 0 saturated carbocycles. The molecule has 1 aromatic carbocycles. The lowest BCUT2D eigenvalue weighted by molar-refractivity contribution is 0.0164. The summed E-state index contributed by atoms with van der Waals surface area (Å²) in [5.41, 5.74) is 1.16. The number of aliphatic hydroxyl groups excluding tert-OH is 1. The van der Waals surface area contributed by atoms with Crippen molar-refractivity contribution in [1.82, 2.24) is 5.32 Å². The maximum Gasteiger partial charge on any atom is 0.119 e. The summed E-state index contributed by atoms with van der Waals surface area (Å²) in [6.07, 6.45) is -0.581. The molecule has 96 valence electrons. The summed E-state index contributed by atoms with van der Waals surface area (Å²) in [7, 11) is 1.90. The highest BCUT2D eigenvalue weighted by molar-refractivity contribution is 5.28. The van der Waals surface area contributed by atoms with E-state index in [0.29, 0.717) is 13.2 Å². The van der Waals surface area contributed by atoms with E-state index in [9.17, 15) is 5.11 Å². The van der Waals surface area contributed by atoms with Crippen LogP contribution in [-0.2, 0) is 11.3 Å². The van der Waals surface area contributed by atoms with Crippen LogP contribution in [-0.4, -0.2) is 38.1 Å². The second-order valence-corrected chi connectivity index (χ2v) is 3.80. The van der Waals surface area contributed by atoms with Crippen molar-refractivity contribution in [3.05, 3.63) is 29.8 Å². The minimum absolute atomic E-state index is 0.253. The van der Waals surface area contributed by atoms with Crippen LogP contribution in [0.5, 0.6) is 5.75 Å². The Morgan fingerprint density at radius 2 is 2.18 bits per heavy atom. The van der Waals surface area contributed by atoms with E-state index < -0.39 is 6.10 Å². The van der Waals surface area contributed by atoms with Crippen molar-refractivity contribution in [3.63, 3.8) is 0 Å². The molecule has 0 amide bonds. The third-order valence-electron chi connectivity index (χ3n) is 2.24. The fourth-order valence-electron chi connectivity index (χ4n) is 1.44. The molecule has 0 aliphatic heterocycles. The predicted molar refractivity (Wildman–Crippen MR) is 67.2 cm³/mol. The average molecular weight is 239 g/mol. The van der Waals surface area contributed by atoms with Crippen molar-refractivity contribution in [2.45, 2.75) is 19.6 Å². The van der Waals surface area contributed by atoms with Crippen molar-refractivity contribution in [1.29, 1.82) is 0 Å². The molecule has 1 rings (SSSR count). The minimum atomic E-state index is -0.581. The smallest absolute Gasteiger partial charge is 0.119 e. The van der Waals surface area contributed by atoms with Crippen LogP contribution < -0.4 is 10.1 Å². The Hall–Kier alpha value is -1.10. The van der Waals surface area contributed by atoms with E-state index in [0.717, 1.165) is 17.9 Å². The molecule has 2 N–H and O–H groups in total. The van der Waals surface area contributed by atoms with Gasteiger partial charge in [0, 0.05) is 13.2 Å². The van der Waals surface area contributed by atoms with E-state index in [1.807, 2.05) is 38.2 Å². The van der Waals surface area contributed by atoms with Gasteiger partial charge in [-0.2, -0.15) is 0 Å². The van der Waals surface area contributed by atoms with E-state index in [4.69, 9.17) is 9.47 Å². The molecule has 0 bridgehead atoms. The number of benzene rings is 1. The molecule has 4 nitrogen and oxygen atoms in total. The van der Waals surface area contributed by atoms with Gasteiger partial charge in [0.05, 0.1) is 6.61 Å². The summed E-state index contributed by atoms with van der Waals surface area (Å²) >= 11 is 0. The molecule has 17 heavy (non-hydrogen) atoms. The molecule has 0 fully saturated rings. The lowest BCUT2D eigenvalue weighted by Gasteiger charge is -2.12. The summed E-state index contributed by atoms with van der Waals surface area (Å²) in [4.78, 5) is 0. The Kier molecular flexibility index (Phi) is 6.62. The second-order valence-electron chi connectivity index (χ2n) is 3.80. The first-order chi connectivity index (χ1) is 8.26. The monoisotopic (exact) mass is 239 g/mol. The SMILES string of the molecule is CCOCC(O)COc1cccc(CNC)c1. The molecule has 0 aliphatic carbocycles. The van der Waals surface area contributed by atoms with E-state index in [2.05, 4.69) is 5.32 Å². The molecule has 0 aromatic heterocycles. The number of rotatable bonds is 8. The van der Waals surface area contributed by atoms with Gasteiger partial charge in [-0.3, -0.25) is 0 Å². The molecule has 0 saturated heterocycles. The topological polar surface area (TPSA) is 50.7 Å². The van der Waals surface area contributed by atoms with Crippen LogP contribution in [0.4, 0.5) is 0 Å². The molecule has 0 aliphatic rings. The van der Waals surface area contributed by atoms with Crippen molar-refractivity contribution in [2.75, 3.05) is 26.9 Å². The van der Waals surface area contributed by atoms with Gasteiger partial charge in [-0.1, -0.05) is 12.1 Å². The molecule has 0 radical (unpaired) electrons. The fourth-order valence-corrected chi connectivity index (χ4v) is 1.44. The van der Waals surface area contributed by atoms with Crippen LogP contribution in [0, 0.1) is 0 Å². The number of hydrogen-bond acceptors (Lipinski definition) is 4. The van der Waals surface area contributed by atoms with Crippen LogP contribution in [0.3, 0.4) is 0 Å². The van der Waals surface area contributed by atoms with E-state index in [1.54, 1.807) is 0 Å². The van der Waals surface area contributed by atoms with Gasteiger partial charge in [-0.15, -0.1) is 0 Å². The fraction of sp³-hybridized carbons (Fsp3) is 0.538. The van der Waals surface area contributed by atoms with Crippen LogP contribution in [0.25, 0.3) is 0 Å². The van der Waals surface area contributed by atoms with Crippen molar-refractivity contribution < 1.29 is 14.6 Å². The van der Waals surface area contributed by atoms with E-state index in [1.165, 1.54) is 0 Å². The van der Waals surface area contributed by atoms with Crippen molar-refractivity contribution in [3.8, 4) is 5.75 Å². The minimum Gasteiger partial charge on any atom is -0.491 e. The largest absolute Gasteiger partial charge is 0.491 e. The zero-order chi connectivity index (χ0) is 12.5. The quantitative estimate of drug-likeness (QED) is 0.715. The lowest BCUT2D eigenvalue weighted by atomic mass is 10.2. The number of ether oxygens (including phenoxy) is 2. The highest BCUT2D eigenvalue weighted by Gasteiger charge is 2.05. The number of hydrogen-bond donors (Lipinski definition) is 2. The van der Waals surface area contributed by atoms with Crippen LogP contribution in [0.1, 0.15) is 12.5 Å². The zero-order valence-corrected chi connectivity index (χ0v) is 10.5. The summed E-state index contributed by atoms with van der Waals surface area (Å²) < 4.78 is 10.6. The summed E-state index contributed by atoms with van der Waals surface area (Å²) in [6.45, 7) is 3.87. The van der Waals surface area contributed by atoms with E-state index in [-0.39, 0.29) is 6.61 Å². The molecule has 1 unspecified atom stereocenters. The van der Waals surface area contributed by atoms with Crippen molar-refractivity contribution in [2.24, 2.45) is 0 Å². The maximum atomic E-state index is 9.55. The molecule has 1 atom stereocenters.